The fourth-order valence-electron chi connectivity index (χ4n) is 2.27. The van der Waals surface area contributed by atoms with Crippen LogP contribution in [-0.4, -0.2) is 29.2 Å². The molecule has 16 heavy (non-hydrogen) atoms. The minimum Gasteiger partial charge on any atom is -0.378 e. The standard InChI is InChI=1S/C12H21N3O/c1-2-13-11(12-14-7-8-15-12)6-5-10-4-3-9-16-10/h7-8,10-11,13H,2-6,9H2,1H3,(H,14,15). The van der Waals surface area contributed by atoms with E-state index in [-0.39, 0.29) is 0 Å². The number of nitrogens with one attached hydrogen (secondary N) is 2. The molecule has 0 amide bonds. The van der Waals surface area contributed by atoms with Crippen molar-refractivity contribution in [3.63, 3.8) is 0 Å². The molecular weight excluding hydrogens is 202 g/mol. The first-order valence-corrected chi connectivity index (χ1v) is 6.24. The molecule has 1 saturated heterocycles. The van der Waals surface area contributed by atoms with Gasteiger partial charge in [0.25, 0.3) is 0 Å². The fourth-order valence-corrected chi connectivity index (χ4v) is 2.27. The molecule has 2 rings (SSSR count). The second-order valence-electron chi connectivity index (χ2n) is 4.30. The average molecular weight is 223 g/mol. The van der Waals surface area contributed by atoms with Crippen LogP contribution in [0.3, 0.4) is 0 Å². The minimum absolute atomic E-state index is 0.337. The summed E-state index contributed by atoms with van der Waals surface area (Å²) in [7, 11) is 0. The molecule has 0 aromatic carbocycles. The van der Waals surface area contributed by atoms with Gasteiger partial charge in [0.15, 0.2) is 0 Å². The lowest BCUT2D eigenvalue weighted by Gasteiger charge is -2.17. The maximum Gasteiger partial charge on any atom is 0.123 e. The molecule has 2 heterocycles. The van der Waals surface area contributed by atoms with E-state index in [0.717, 1.165) is 31.8 Å². The highest BCUT2D eigenvalue weighted by Crippen LogP contribution is 2.22. The van der Waals surface area contributed by atoms with Crippen molar-refractivity contribution in [2.24, 2.45) is 0 Å². The molecule has 1 fully saturated rings. The van der Waals surface area contributed by atoms with Crippen LogP contribution >= 0.6 is 0 Å². The smallest absolute Gasteiger partial charge is 0.123 e. The van der Waals surface area contributed by atoms with Crippen LogP contribution in [0.25, 0.3) is 0 Å². The van der Waals surface area contributed by atoms with Gasteiger partial charge in [-0.25, -0.2) is 4.98 Å². The Balaban J connectivity index is 1.82. The van der Waals surface area contributed by atoms with E-state index in [9.17, 15) is 0 Å². The van der Waals surface area contributed by atoms with Gasteiger partial charge in [-0.15, -0.1) is 0 Å². The lowest BCUT2D eigenvalue weighted by molar-refractivity contribution is 0.0994. The Kier molecular flexibility index (Phi) is 4.36. The molecular formula is C12H21N3O. The molecule has 0 radical (unpaired) electrons. The van der Waals surface area contributed by atoms with Gasteiger partial charge in [0.05, 0.1) is 12.1 Å². The first-order chi connectivity index (χ1) is 7.90. The van der Waals surface area contributed by atoms with Crippen LogP contribution in [0.5, 0.6) is 0 Å². The maximum absolute atomic E-state index is 5.64. The number of hydrogen-bond acceptors (Lipinski definition) is 3. The molecule has 0 spiro atoms. The number of imidazole rings is 1. The molecule has 90 valence electrons. The number of hydrogen-bond donors (Lipinski definition) is 2. The van der Waals surface area contributed by atoms with Crippen molar-refractivity contribution in [2.75, 3.05) is 13.2 Å². The van der Waals surface area contributed by atoms with Gasteiger partial charge in [-0.3, -0.25) is 0 Å². The number of rotatable bonds is 6. The van der Waals surface area contributed by atoms with E-state index in [0.29, 0.717) is 12.1 Å². The summed E-state index contributed by atoms with van der Waals surface area (Å²) in [5.74, 6) is 1.04. The molecule has 1 aromatic heterocycles. The summed E-state index contributed by atoms with van der Waals surface area (Å²) in [6.45, 7) is 4.04. The SMILES string of the molecule is CCNC(CCC1CCCO1)c1ncc[nH]1. The average Bonchev–Trinajstić information content (AvgIpc) is 2.96. The highest BCUT2D eigenvalue weighted by molar-refractivity contribution is 4.95. The molecule has 2 unspecified atom stereocenters. The number of nitrogens with zero attached hydrogens (tertiary/aromatic N) is 1. The molecule has 0 saturated carbocycles. The zero-order valence-corrected chi connectivity index (χ0v) is 9.91. The zero-order valence-electron chi connectivity index (χ0n) is 9.91. The van der Waals surface area contributed by atoms with Gasteiger partial charge in [0.2, 0.25) is 0 Å². The summed E-state index contributed by atoms with van der Waals surface area (Å²) >= 11 is 0. The van der Waals surface area contributed by atoms with Gasteiger partial charge >= 0.3 is 0 Å². The van der Waals surface area contributed by atoms with E-state index in [2.05, 4.69) is 22.2 Å². The Bertz CT molecular complexity index is 280. The van der Waals surface area contributed by atoms with Gasteiger partial charge in [-0.1, -0.05) is 6.92 Å². The number of H-pyrrole nitrogens is 1. The summed E-state index contributed by atoms with van der Waals surface area (Å²) in [5, 5.41) is 3.46. The van der Waals surface area contributed by atoms with Crippen molar-refractivity contribution >= 4 is 0 Å². The largest absolute Gasteiger partial charge is 0.378 e. The van der Waals surface area contributed by atoms with Crippen molar-refractivity contribution in [3.05, 3.63) is 18.2 Å². The van der Waals surface area contributed by atoms with Crippen LogP contribution in [0.15, 0.2) is 12.4 Å². The molecule has 1 aliphatic rings. The fraction of sp³-hybridized carbons (Fsp3) is 0.750. The molecule has 0 aliphatic carbocycles. The molecule has 2 N–H and O–H groups in total. The Morgan fingerprint density at radius 3 is 3.25 bits per heavy atom. The summed E-state index contributed by atoms with van der Waals surface area (Å²) in [6.07, 6.45) is 8.81. The second-order valence-corrected chi connectivity index (χ2v) is 4.30. The van der Waals surface area contributed by atoms with Crippen LogP contribution in [0, 0.1) is 0 Å². The third kappa shape index (κ3) is 3.06. The maximum atomic E-state index is 5.64. The third-order valence-corrected chi connectivity index (χ3v) is 3.10. The molecule has 4 nitrogen and oxygen atoms in total. The summed E-state index contributed by atoms with van der Waals surface area (Å²) in [4.78, 5) is 7.50. The molecule has 1 aromatic rings. The van der Waals surface area contributed by atoms with Crippen molar-refractivity contribution in [3.8, 4) is 0 Å². The Morgan fingerprint density at radius 1 is 1.69 bits per heavy atom. The van der Waals surface area contributed by atoms with E-state index in [4.69, 9.17) is 4.74 Å². The quantitative estimate of drug-likeness (QED) is 0.775. The Morgan fingerprint density at radius 2 is 2.62 bits per heavy atom. The van der Waals surface area contributed by atoms with Crippen LogP contribution in [0.4, 0.5) is 0 Å². The van der Waals surface area contributed by atoms with Crippen molar-refractivity contribution in [1.82, 2.24) is 15.3 Å². The van der Waals surface area contributed by atoms with Gasteiger partial charge in [-0.2, -0.15) is 0 Å². The van der Waals surface area contributed by atoms with Crippen LogP contribution < -0.4 is 5.32 Å². The predicted molar refractivity (Wildman–Crippen MR) is 63.2 cm³/mol. The summed E-state index contributed by atoms with van der Waals surface area (Å²) in [5.41, 5.74) is 0. The third-order valence-electron chi connectivity index (χ3n) is 3.10. The van der Waals surface area contributed by atoms with Gasteiger partial charge in [-0.05, 0) is 32.2 Å². The number of aromatic amines is 1. The van der Waals surface area contributed by atoms with Crippen LogP contribution in [0.1, 0.15) is 44.5 Å². The minimum atomic E-state index is 0.337. The predicted octanol–water partition coefficient (Wildman–Crippen LogP) is 2.02. The van der Waals surface area contributed by atoms with Crippen molar-refractivity contribution in [1.29, 1.82) is 0 Å². The van der Waals surface area contributed by atoms with Crippen LogP contribution in [0.2, 0.25) is 0 Å². The highest BCUT2D eigenvalue weighted by atomic mass is 16.5. The number of aromatic nitrogens is 2. The highest BCUT2D eigenvalue weighted by Gasteiger charge is 2.19. The normalized spacial score (nSPS) is 22.4. The number of ether oxygens (including phenoxy) is 1. The first kappa shape index (κ1) is 11.6. The van der Waals surface area contributed by atoms with Crippen molar-refractivity contribution in [2.45, 2.75) is 44.8 Å². The first-order valence-electron chi connectivity index (χ1n) is 6.24. The molecule has 1 aliphatic heterocycles. The molecule has 0 bridgehead atoms. The van der Waals surface area contributed by atoms with E-state index in [1.807, 2.05) is 12.4 Å². The van der Waals surface area contributed by atoms with E-state index >= 15 is 0 Å². The lowest BCUT2D eigenvalue weighted by Crippen LogP contribution is -2.23. The van der Waals surface area contributed by atoms with Gasteiger partial charge < -0.3 is 15.0 Å². The zero-order chi connectivity index (χ0) is 11.2. The van der Waals surface area contributed by atoms with E-state index in [1.54, 1.807) is 0 Å². The van der Waals surface area contributed by atoms with Crippen LogP contribution in [-0.2, 0) is 4.74 Å². The molecule has 4 heteroatoms. The Labute approximate surface area is 96.8 Å². The van der Waals surface area contributed by atoms with E-state index < -0.39 is 0 Å². The van der Waals surface area contributed by atoms with Crippen molar-refractivity contribution < 1.29 is 4.74 Å². The monoisotopic (exact) mass is 223 g/mol. The summed E-state index contributed by atoms with van der Waals surface area (Å²) < 4.78 is 5.64. The van der Waals surface area contributed by atoms with Gasteiger partial charge in [0, 0.05) is 19.0 Å². The topological polar surface area (TPSA) is 49.9 Å². The lowest BCUT2D eigenvalue weighted by atomic mass is 10.1. The molecule has 2 atom stereocenters. The van der Waals surface area contributed by atoms with E-state index in [1.165, 1.54) is 12.8 Å². The second kappa shape index (κ2) is 6.01. The Hall–Kier alpha value is -0.870. The summed E-state index contributed by atoms with van der Waals surface area (Å²) in [6, 6.07) is 0.337. The van der Waals surface area contributed by atoms with Gasteiger partial charge in [0.1, 0.15) is 5.82 Å².